The van der Waals surface area contributed by atoms with E-state index < -0.39 is 0 Å². The van der Waals surface area contributed by atoms with Crippen molar-refractivity contribution >= 4 is 5.91 Å². The highest BCUT2D eigenvalue weighted by Gasteiger charge is 2.30. The van der Waals surface area contributed by atoms with Crippen molar-refractivity contribution in [1.29, 1.82) is 0 Å². The third kappa shape index (κ3) is 5.27. The van der Waals surface area contributed by atoms with Gasteiger partial charge in [0, 0.05) is 26.2 Å². The fraction of sp³-hybridized carbons (Fsp3) is 0.667. The lowest BCUT2D eigenvalue weighted by molar-refractivity contribution is -0.132. The van der Waals surface area contributed by atoms with E-state index in [-0.39, 0.29) is 18.3 Å². The van der Waals surface area contributed by atoms with Crippen molar-refractivity contribution < 1.29 is 14.3 Å². The van der Waals surface area contributed by atoms with Crippen molar-refractivity contribution in [2.45, 2.75) is 38.5 Å². The first kappa shape index (κ1) is 19.3. The number of likely N-dealkylation sites (tertiary alicyclic amines) is 2. The van der Waals surface area contributed by atoms with Gasteiger partial charge in [0.2, 0.25) is 5.91 Å². The number of carbonyl (C=O) groups excluding carboxylic acids is 1. The van der Waals surface area contributed by atoms with Gasteiger partial charge in [0.1, 0.15) is 5.82 Å². The number of piperidine rings is 2. The van der Waals surface area contributed by atoms with Crippen LogP contribution < -0.4 is 0 Å². The molecule has 1 aromatic carbocycles. The Morgan fingerprint density at radius 2 is 1.73 bits per heavy atom. The van der Waals surface area contributed by atoms with Crippen molar-refractivity contribution in [2.75, 3.05) is 39.3 Å². The summed E-state index contributed by atoms with van der Waals surface area (Å²) < 4.78 is 13.3. The summed E-state index contributed by atoms with van der Waals surface area (Å²) in [6, 6.07) is 6.35. The van der Waals surface area contributed by atoms with Crippen LogP contribution in [0, 0.1) is 17.7 Å². The highest BCUT2D eigenvalue weighted by Crippen LogP contribution is 2.32. The summed E-state index contributed by atoms with van der Waals surface area (Å²) in [5.74, 6) is 1.35. The fourth-order valence-electron chi connectivity index (χ4n) is 4.50. The molecule has 2 saturated heterocycles. The number of benzene rings is 1. The highest BCUT2D eigenvalue weighted by atomic mass is 19.1. The Hall–Kier alpha value is -1.46. The Balaban J connectivity index is 1.41. The molecule has 3 rings (SSSR count). The summed E-state index contributed by atoms with van der Waals surface area (Å²) in [6.07, 6.45) is 5.84. The molecule has 0 atom stereocenters. The molecule has 5 heteroatoms. The molecule has 2 aliphatic rings. The maximum absolute atomic E-state index is 13.3. The predicted octanol–water partition coefficient (Wildman–Crippen LogP) is 2.70. The van der Waals surface area contributed by atoms with Gasteiger partial charge in [-0.1, -0.05) is 12.1 Å². The molecule has 26 heavy (non-hydrogen) atoms. The van der Waals surface area contributed by atoms with Crippen molar-refractivity contribution in [2.24, 2.45) is 11.8 Å². The molecule has 144 valence electrons. The molecule has 0 aromatic heterocycles. The molecular formula is C21H31FN2O2. The van der Waals surface area contributed by atoms with Gasteiger partial charge in [0.15, 0.2) is 0 Å². The minimum Gasteiger partial charge on any atom is -0.396 e. The van der Waals surface area contributed by atoms with E-state index in [9.17, 15) is 9.18 Å². The van der Waals surface area contributed by atoms with Crippen LogP contribution in [-0.2, 0) is 11.2 Å². The first-order valence-electron chi connectivity index (χ1n) is 10.0. The Kier molecular flexibility index (Phi) is 7.03. The summed E-state index contributed by atoms with van der Waals surface area (Å²) in [5.41, 5.74) is 0.757. The van der Waals surface area contributed by atoms with E-state index in [0.29, 0.717) is 6.42 Å². The topological polar surface area (TPSA) is 43.8 Å². The largest absolute Gasteiger partial charge is 0.396 e. The Bertz CT molecular complexity index is 579. The zero-order valence-corrected chi connectivity index (χ0v) is 15.6. The lowest BCUT2D eigenvalue weighted by Gasteiger charge is -2.40. The number of nitrogens with zero attached hydrogens (tertiary/aromatic N) is 2. The van der Waals surface area contributed by atoms with Gasteiger partial charge in [-0.25, -0.2) is 4.39 Å². The molecule has 2 aliphatic heterocycles. The van der Waals surface area contributed by atoms with Gasteiger partial charge in [-0.2, -0.15) is 0 Å². The van der Waals surface area contributed by atoms with Gasteiger partial charge in [-0.15, -0.1) is 0 Å². The molecule has 0 radical (unpaired) electrons. The highest BCUT2D eigenvalue weighted by molar-refractivity contribution is 5.78. The molecule has 0 spiro atoms. The summed E-state index contributed by atoms with van der Waals surface area (Å²) in [4.78, 5) is 16.9. The monoisotopic (exact) mass is 362 g/mol. The molecule has 0 saturated carbocycles. The molecule has 2 fully saturated rings. The van der Waals surface area contributed by atoms with Crippen LogP contribution in [-0.4, -0.2) is 60.1 Å². The van der Waals surface area contributed by atoms with Gasteiger partial charge < -0.3 is 14.9 Å². The van der Waals surface area contributed by atoms with Crippen LogP contribution in [0.5, 0.6) is 0 Å². The number of halogens is 1. The van der Waals surface area contributed by atoms with Crippen LogP contribution in [0.15, 0.2) is 24.3 Å². The quantitative estimate of drug-likeness (QED) is 0.846. The summed E-state index contributed by atoms with van der Waals surface area (Å²) in [5, 5.41) is 8.95. The maximum atomic E-state index is 13.3. The standard InChI is InChI=1S/C21H31FN2O2/c22-20-4-1-3-17(15-20)16-21(26)24-12-7-19(8-13-24)18-5-10-23(11-6-18)9-2-14-25/h1,3-4,15,18-19,25H,2,5-14,16H2. The summed E-state index contributed by atoms with van der Waals surface area (Å²) in [6.45, 7) is 5.25. The molecule has 0 bridgehead atoms. The molecule has 1 aromatic rings. The Morgan fingerprint density at radius 1 is 1.08 bits per heavy atom. The van der Waals surface area contributed by atoms with Crippen LogP contribution in [0.3, 0.4) is 0 Å². The van der Waals surface area contributed by atoms with Gasteiger partial charge in [0.25, 0.3) is 0 Å². The van der Waals surface area contributed by atoms with E-state index in [1.807, 2.05) is 11.0 Å². The third-order valence-electron chi connectivity index (χ3n) is 6.07. The van der Waals surface area contributed by atoms with Crippen molar-refractivity contribution in [3.63, 3.8) is 0 Å². The van der Waals surface area contributed by atoms with E-state index in [1.54, 1.807) is 6.07 Å². The lowest BCUT2D eigenvalue weighted by atomic mass is 9.78. The molecule has 0 aliphatic carbocycles. The van der Waals surface area contributed by atoms with E-state index in [4.69, 9.17) is 5.11 Å². The van der Waals surface area contributed by atoms with Crippen LogP contribution in [0.25, 0.3) is 0 Å². The molecule has 2 heterocycles. The van der Waals surface area contributed by atoms with Crippen LogP contribution in [0.2, 0.25) is 0 Å². The van der Waals surface area contributed by atoms with E-state index in [1.165, 1.54) is 25.0 Å². The first-order valence-corrected chi connectivity index (χ1v) is 10.0. The van der Waals surface area contributed by atoms with Crippen molar-refractivity contribution in [3.8, 4) is 0 Å². The van der Waals surface area contributed by atoms with Crippen molar-refractivity contribution in [3.05, 3.63) is 35.6 Å². The van der Waals surface area contributed by atoms with Gasteiger partial charge in [0.05, 0.1) is 6.42 Å². The number of aliphatic hydroxyl groups is 1. The zero-order valence-electron chi connectivity index (χ0n) is 15.6. The number of hydrogen-bond donors (Lipinski definition) is 1. The molecule has 1 amide bonds. The van der Waals surface area contributed by atoms with Crippen LogP contribution in [0.4, 0.5) is 4.39 Å². The van der Waals surface area contributed by atoms with E-state index in [2.05, 4.69) is 4.90 Å². The van der Waals surface area contributed by atoms with E-state index in [0.717, 1.165) is 69.4 Å². The second kappa shape index (κ2) is 9.47. The second-order valence-electron chi connectivity index (χ2n) is 7.78. The summed E-state index contributed by atoms with van der Waals surface area (Å²) in [7, 11) is 0. The number of rotatable bonds is 6. The van der Waals surface area contributed by atoms with Gasteiger partial charge in [-0.05, 0) is 74.7 Å². The molecule has 0 unspecified atom stereocenters. The Morgan fingerprint density at radius 3 is 2.35 bits per heavy atom. The smallest absolute Gasteiger partial charge is 0.226 e. The number of hydrogen-bond acceptors (Lipinski definition) is 3. The predicted molar refractivity (Wildman–Crippen MR) is 100 cm³/mol. The van der Waals surface area contributed by atoms with Crippen molar-refractivity contribution in [1.82, 2.24) is 9.80 Å². The lowest BCUT2D eigenvalue weighted by Crippen LogP contribution is -2.43. The SMILES string of the molecule is O=C(Cc1cccc(F)c1)N1CCC(C2CCN(CCCO)CC2)CC1. The average Bonchev–Trinajstić information content (AvgIpc) is 2.67. The fourth-order valence-corrected chi connectivity index (χ4v) is 4.50. The van der Waals surface area contributed by atoms with Gasteiger partial charge in [-0.3, -0.25) is 4.79 Å². The molecular weight excluding hydrogens is 331 g/mol. The zero-order chi connectivity index (χ0) is 18.4. The second-order valence-corrected chi connectivity index (χ2v) is 7.78. The third-order valence-corrected chi connectivity index (χ3v) is 6.07. The summed E-state index contributed by atoms with van der Waals surface area (Å²) >= 11 is 0. The minimum absolute atomic E-state index is 0.118. The first-order chi connectivity index (χ1) is 12.7. The van der Waals surface area contributed by atoms with Crippen LogP contribution in [0.1, 0.15) is 37.7 Å². The maximum Gasteiger partial charge on any atom is 0.226 e. The average molecular weight is 362 g/mol. The molecule has 1 N–H and O–H groups in total. The van der Waals surface area contributed by atoms with Crippen LogP contribution >= 0.6 is 0 Å². The van der Waals surface area contributed by atoms with E-state index >= 15 is 0 Å². The molecule has 4 nitrogen and oxygen atoms in total. The Labute approximate surface area is 156 Å². The normalized spacial score (nSPS) is 20.5. The number of aliphatic hydroxyl groups excluding tert-OH is 1. The number of amides is 1. The minimum atomic E-state index is -0.278. The van der Waals surface area contributed by atoms with Gasteiger partial charge >= 0.3 is 0 Å². The number of carbonyl (C=O) groups is 1.